The summed E-state index contributed by atoms with van der Waals surface area (Å²) in [5.41, 5.74) is 7.89. The highest BCUT2D eigenvalue weighted by molar-refractivity contribution is 5.85. The molecule has 5 heteroatoms. The topological polar surface area (TPSA) is 64.3 Å². The Bertz CT molecular complexity index is 366. The van der Waals surface area contributed by atoms with E-state index in [9.17, 15) is 4.79 Å². The van der Waals surface area contributed by atoms with Gasteiger partial charge >= 0.3 is 0 Å². The van der Waals surface area contributed by atoms with E-state index in [-0.39, 0.29) is 24.4 Å². The average Bonchev–Trinajstić information content (AvgIpc) is 2.35. The van der Waals surface area contributed by atoms with Crippen molar-refractivity contribution in [2.75, 3.05) is 7.11 Å². The van der Waals surface area contributed by atoms with Crippen LogP contribution in [0, 0.1) is 0 Å². The molecule has 3 N–H and O–H groups in total. The Morgan fingerprint density at radius 3 is 2.33 bits per heavy atom. The molecule has 0 radical (unpaired) electrons. The molecule has 102 valence electrons. The first-order valence-electron chi connectivity index (χ1n) is 5.69. The van der Waals surface area contributed by atoms with E-state index in [2.05, 4.69) is 5.32 Å². The predicted octanol–water partition coefficient (Wildman–Crippen LogP) is 1.78. The van der Waals surface area contributed by atoms with Crippen LogP contribution in [0.2, 0.25) is 0 Å². The van der Waals surface area contributed by atoms with Gasteiger partial charge in [0.25, 0.3) is 0 Å². The Morgan fingerprint density at radius 2 is 1.89 bits per heavy atom. The molecule has 0 saturated heterocycles. The summed E-state index contributed by atoms with van der Waals surface area (Å²) in [6.07, 6.45) is -0.418. The number of hydrogen-bond donors (Lipinski definition) is 2. The van der Waals surface area contributed by atoms with Crippen molar-refractivity contribution in [2.24, 2.45) is 5.73 Å². The molecule has 0 aliphatic rings. The van der Waals surface area contributed by atoms with Crippen LogP contribution in [0.4, 0.5) is 0 Å². The Kier molecular flexibility index (Phi) is 7.59. The van der Waals surface area contributed by atoms with Gasteiger partial charge in [-0.3, -0.25) is 4.79 Å². The number of halogens is 1. The molecule has 2 atom stereocenters. The van der Waals surface area contributed by atoms with Crippen LogP contribution in [-0.4, -0.2) is 19.1 Å². The third kappa shape index (κ3) is 5.04. The van der Waals surface area contributed by atoms with Gasteiger partial charge in [0.1, 0.15) is 6.10 Å². The summed E-state index contributed by atoms with van der Waals surface area (Å²) < 4.78 is 4.92. The Balaban J connectivity index is 0.00000289. The van der Waals surface area contributed by atoms with Gasteiger partial charge in [-0.25, -0.2) is 0 Å². The van der Waals surface area contributed by atoms with Gasteiger partial charge in [-0.05, 0) is 25.0 Å². The maximum atomic E-state index is 11.5. The van der Waals surface area contributed by atoms with Gasteiger partial charge in [0.2, 0.25) is 5.91 Å². The zero-order valence-electron chi connectivity index (χ0n) is 11.0. The zero-order valence-corrected chi connectivity index (χ0v) is 11.8. The highest BCUT2D eigenvalue weighted by Gasteiger charge is 2.10. The molecule has 0 spiro atoms. The van der Waals surface area contributed by atoms with Crippen molar-refractivity contribution in [1.29, 1.82) is 0 Å². The molecule has 18 heavy (non-hydrogen) atoms. The molecule has 0 heterocycles. The number of nitrogens with two attached hydrogens (primary N) is 1. The largest absolute Gasteiger partial charge is 0.372 e. The number of ether oxygens (including phenoxy) is 1. The molecule has 0 fully saturated rings. The first-order chi connectivity index (χ1) is 8.04. The second kappa shape index (κ2) is 8.08. The van der Waals surface area contributed by atoms with Gasteiger partial charge in [-0.1, -0.05) is 24.3 Å². The quantitative estimate of drug-likeness (QED) is 0.859. The van der Waals surface area contributed by atoms with Gasteiger partial charge in [0.15, 0.2) is 0 Å². The molecule has 0 aliphatic heterocycles. The maximum Gasteiger partial charge on any atom is 0.249 e. The van der Waals surface area contributed by atoms with E-state index in [1.165, 1.54) is 7.11 Å². The molecule has 0 aromatic heterocycles. The van der Waals surface area contributed by atoms with E-state index in [0.29, 0.717) is 6.54 Å². The summed E-state index contributed by atoms with van der Waals surface area (Å²) >= 11 is 0. The van der Waals surface area contributed by atoms with E-state index < -0.39 is 6.10 Å². The van der Waals surface area contributed by atoms with Crippen molar-refractivity contribution in [1.82, 2.24) is 5.32 Å². The van der Waals surface area contributed by atoms with Crippen LogP contribution in [-0.2, 0) is 16.1 Å². The van der Waals surface area contributed by atoms with Crippen molar-refractivity contribution in [3.63, 3.8) is 0 Å². The van der Waals surface area contributed by atoms with E-state index in [0.717, 1.165) is 11.1 Å². The van der Waals surface area contributed by atoms with E-state index in [1.54, 1.807) is 6.92 Å². The van der Waals surface area contributed by atoms with Gasteiger partial charge in [0, 0.05) is 19.7 Å². The molecule has 0 bridgehead atoms. The predicted molar refractivity (Wildman–Crippen MR) is 74.6 cm³/mol. The zero-order chi connectivity index (χ0) is 12.8. The summed E-state index contributed by atoms with van der Waals surface area (Å²) in [4.78, 5) is 11.5. The highest BCUT2D eigenvalue weighted by atomic mass is 35.5. The maximum absolute atomic E-state index is 11.5. The smallest absolute Gasteiger partial charge is 0.249 e. The highest BCUT2D eigenvalue weighted by Crippen LogP contribution is 2.10. The number of rotatable bonds is 5. The molecule has 0 aliphatic carbocycles. The van der Waals surface area contributed by atoms with Crippen LogP contribution in [0.1, 0.15) is 31.0 Å². The number of hydrogen-bond acceptors (Lipinski definition) is 3. The van der Waals surface area contributed by atoms with Crippen LogP contribution in [0.5, 0.6) is 0 Å². The number of benzene rings is 1. The summed E-state index contributed by atoms with van der Waals surface area (Å²) in [5.74, 6) is -0.108. The van der Waals surface area contributed by atoms with E-state index in [4.69, 9.17) is 10.5 Å². The van der Waals surface area contributed by atoms with Crippen molar-refractivity contribution >= 4 is 18.3 Å². The second-order valence-corrected chi connectivity index (χ2v) is 4.13. The van der Waals surface area contributed by atoms with Crippen molar-refractivity contribution in [3.05, 3.63) is 35.4 Å². The molecular weight excluding hydrogens is 252 g/mol. The number of carbonyl (C=O) groups excluding carboxylic acids is 1. The summed E-state index contributed by atoms with van der Waals surface area (Å²) in [5, 5.41) is 2.80. The second-order valence-electron chi connectivity index (χ2n) is 4.13. The number of amides is 1. The molecular formula is C13H21ClN2O2. The van der Waals surface area contributed by atoms with Crippen molar-refractivity contribution in [3.8, 4) is 0 Å². The van der Waals surface area contributed by atoms with Gasteiger partial charge in [-0.15, -0.1) is 12.4 Å². The van der Waals surface area contributed by atoms with Crippen molar-refractivity contribution < 1.29 is 9.53 Å². The molecule has 4 nitrogen and oxygen atoms in total. The van der Waals surface area contributed by atoms with Crippen LogP contribution >= 0.6 is 12.4 Å². The van der Waals surface area contributed by atoms with Crippen molar-refractivity contribution in [2.45, 2.75) is 32.5 Å². The molecule has 1 amide bonds. The Labute approximate surface area is 114 Å². The third-order valence-electron chi connectivity index (χ3n) is 2.70. The lowest BCUT2D eigenvalue weighted by atomic mass is 10.1. The minimum atomic E-state index is -0.418. The minimum absolute atomic E-state index is 0. The fraction of sp³-hybridized carbons (Fsp3) is 0.462. The standard InChI is InChI=1S/C13H20N2O2.ClH/c1-9(14)12-6-4-11(5-7-12)8-15-13(16)10(2)17-3;/h4-7,9-10H,8,14H2,1-3H3,(H,15,16);1H. The minimum Gasteiger partial charge on any atom is -0.372 e. The lowest BCUT2D eigenvalue weighted by Crippen LogP contribution is -2.33. The summed E-state index contributed by atoms with van der Waals surface area (Å²) in [6, 6.07) is 7.93. The lowest BCUT2D eigenvalue weighted by molar-refractivity contribution is -0.130. The third-order valence-corrected chi connectivity index (χ3v) is 2.70. The molecule has 0 saturated carbocycles. The van der Waals surface area contributed by atoms with Gasteiger partial charge in [-0.2, -0.15) is 0 Å². The first-order valence-corrected chi connectivity index (χ1v) is 5.69. The monoisotopic (exact) mass is 272 g/mol. The fourth-order valence-electron chi connectivity index (χ4n) is 1.38. The molecule has 1 rings (SSSR count). The lowest BCUT2D eigenvalue weighted by Gasteiger charge is -2.11. The molecule has 1 aromatic carbocycles. The Morgan fingerprint density at radius 1 is 1.33 bits per heavy atom. The first kappa shape index (κ1) is 16.9. The number of methoxy groups -OCH3 is 1. The number of nitrogens with one attached hydrogen (secondary N) is 1. The van der Waals surface area contributed by atoms with Gasteiger partial charge in [0.05, 0.1) is 0 Å². The Hall–Kier alpha value is -1.10. The van der Waals surface area contributed by atoms with E-state index >= 15 is 0 Å². The summed E-state index contributed by atoms with van der Waals surface area (Å²) in [7, 11) is 1.52. The van der Waals surface area contributed by atoms with E-state index in [1.807, 2.05) is 31.2 Å². The average molecular weight is 273 g/mol. The van der Waals surface area contributed by atoms with Gasteiger partial charge < -0.3 is 15.8 Å². The SMILES string of the molecule is COC(C)C(=O)NCc1ccc(C(C)N)cc1.Cl. The molecule has 2 unspecified atom stereocenters. The fourth-order valence-corrected chi connectivity index (χ4v) is 1.38. The van der Waals surface area contributed by atoms with Crippen LogP contribution in [0.25, 0.3) is 0 Å². The van der Waals surface area contributed by atoms with Crippen LogP contribution in [0.15, 0.2) is 24.3 Å². The number of carbonyl (C=O) groups is 1. The van der Waals surface area contributed by atoms with Crippen LogP contribution in [0.3, 0.4) is 0 Å². The van der Waals surface area contributed by atoms with Crippen LogP contribution < -0.4 is 11.1 Å². The summed E-state index contributed by atoms with van der Waals surface area (Å²) in [6.45, 7) is 4.16. The molecule has 1 aromatic rings. The normalized spacial score (nSPS) is 13.3.